The van der Waals surface area contributed by atoms with E-state index in [1.54, 1.807) is 18.1 Å². The molecule has 0 saturated carbocycles. The maximum Gasteiger partial charge on any atom is 0.303 e. The Hall–Kier alpha value is -2.83. The third-order valence-electron chi connectivity index (χ3n) is 4.77. The first-order valence-corrected chi connectivity index (χ1v) is 8.81. The van der Waals surface area contributed by atoms with E-state index in [2.05, 4.69) is 10.2 Å². The molecule has 2 heterocycles. The van der Waals surface area contributed by atoms with E-state index >= 15 is 0 Å². The number of aliphatic carboxylic acids is 1. The van der Waals surface area contributed by atoms with Crippen molar-refractivity contribution in [1.82, 2.24) is 15.1 Å². The summed E-state index contributed by atoms with van der Waals surface area (Å²) < 4.78 is 5.15. The number of amides is 1. The minimum atomic E-state index is -0.827. The van der Waals surface area contributed by atoms with Crippen LogP contribution >= 0.6 is 0 Å². The van der Waals surface area contributed by atoms with Crippen LogP contribution in [0.3, 0.4) is 0 Å². The number of carboxylic acid groups (broad SMARTS) is 1. The molecule has 2 aromatic rings. The van der Waals surface area contributed by atoms with Crippen LogP contribution in [-0.4, -0.2) is 51.8 Å². The summed E-state index contributed by atoms with van der Waals surface area (Å²) >= 11 is 0. The zero-order chi connectivity index (χ0) is 18.5. The summed E-state index contributed by atoms with van der Waals surface area (Å²) in [5.41, 5.74) is 2.01. The molecule has 1 atom stereocenters. The molecule has 7 heteroatoms. The number of aromatic nitrogens is 2. The number of nitrogens with one attached hydrogen (secondary N) is 1. The number of rotatable bonds is 6. The highest BCUT2D eigenvalue weighted by atomic mass is 16.5. The van der Waals surface area contributed by atoms with Gasteiger partial charge >= 0.3 is 5.97 Å². The van der Waals surface area contributed by atoms with E-state index in [0.717, 1.165) is 30.6 Å². The lowest BCUT2D eigenvalue weighted by molar-refractivity contribution is -0.137. The van der Waals surface area contributed by atoms with Crippen molar-refractivity contribution >= 4 is 11.9 Å². The van der Waals surface area contributed by atoms with Crippen molar-refractivity contribution in [3.63, 3.8) is 0 Å². The summed E-state index contributed by atoms with van der Waals surface area (Å²) in [5, 5.41) is 16.0. The number of piperidine rings is 1. The van der Waals surface area contributed by atoms with Crippen LogP contribution in [0.1, 0.15) is 42.6 Å². The van der Waals surface area contributed by atoms with E-state index in [0.29, 0.717) is 24.4 Å². The largest absolute Gasteiger partial charge is 0.497 e. The van der Waals surface area contributed by atoms with Crippen molar-refractivity contribution in [2.45, 2.75) is 38.1 Å². The molecule has 1 fully saturated rings. The normalized spacial score (nSPS) is 17.1. The van der Waals surface area contributed by atoms with E-state index in [-0.39, 0.29) is 18.4 Å². The lowest BCUT2D eigenvalue weighted by atomic mass is 9.97. The molecule has 0 radical (unpaired) electrons. The number of carboxylic acids is 1. The van der Waals surface area contributed by atoms with E-state index in [9.17, 15) is 9.59 Å². The van der Waals surface area contributed by atoms with E-state index in [1.165, 1.54) is 0 Å². The van der Waals surface area contributed by atoms with Crippen molar-refractivity contribution in [3.8, 4) is 17.0 Å². The number of nitrogens with zero attached hydrogens (tertiary/aromatic N) is 2. The van der Waals surface area contributed by atoms with Gasteiger partial charge in [0.05, 0.1) is 12.8 Å². The zero-order valence-electron chi connectivity index (χ0n) is 14.8. The van der Waals surface area contributed by atoms with Crippen LogP contribution in [0.15, 0.2) is 30.3 Å². The average Bonchev–Trinajstić information content (AvgIpc) is 3.16. The van der Waals surface area contributed by atoms with Gasteiger partial charge in [0.2, 0.25) is 0 Å². The molecule has 26 heavy (non-hydrogen) atoms. The van der Waals surface area contributed by atoms with Crippen LogP contribution in [-0.2, 0) is 4.79 Å². The zero-order valence-corrected chi connectivity index (χ0v) is 14.8. The number of carbonyl (C=O) groups excluding carboxylic acids is 1. The molecular weight excluding hydrogens is 334 g/mol. The second kappa shape index (κ2) is 8.03. The van der Waals surface area contributed by atoms with Crippen molar-refractivity contribution in [1.29, 1.82) is 0 Å². The minimum absolute atomic E-state index is 0.0277. The highest BCUT2D eigenvalue weighted by molar-refractivity contribution is 5.93. The monoisotopic (exact) mass is 357 g/mol. The Bertz CT molecular complexity index is 769. The van der Waals surface area contributed by atoms with Gasteiger partial charge < -0.3 is 14.7 Å². The van der Waals surface area contributed by atoms with Crippen molar-refractivity contribution < 1.29 is 19.4 Å². The number of likely N-dealkylation sites (tertiary alicyclic amines) is 1. The Morgan fingerprint density at radius 2 is 2.08 bits per heavy atom. The number of H-pyrrole nitrogens is 1. The third kappa shape index (κ3) is 4.04. The first-order chi connectivity index (χ1) is 12.6. The Kier molecular flexibility index (Phi) is 5.55. The van der Waals surface area contributed by atoms with Crippen LogP contribution in [0.2, 0.25) is 0 Å². The first-order valence-electron chi connectivity index (χ1n) is 8.81. The topological polar surface area (TPSA) is 95.5 Å². The number of aromatic amines is 1. The lowest BCUT2D eigenvalue weighted by Crippen LogP contribution is -2.44. The number of methoxy groups -OCH3 is 1. The molecule has 1 aliphatic rings. The number of hydrogen-bond acceptors (Lipinski definition) is 4. The molecule has 3 rings (SSSR count). The highest BCUT2D eigenvalue weighted by Crippen LogP contribution is 2.25. The molecule has 1 aromatic carbocycles. The van der Waals surface area contributed by atoms with Gasteiger partial charge in [0.25, 0.3) is 5.91 Å². The Morgan fingerprint density at radius 3 is 2.77 bits per heavy atom. The van der Waals surface area contributed by atoms with Gasteiger partial charge in [-0.15, -0.1) is 0 Å². The van der Waals surface area contributed by atoms with Gasteiger partial charge in [0.1, 0.15) is 11.4 Å². The minimum Gasteiger partial charge on any atom is -0.497 e. The van der Waals surface area contributed by atoms with Gasteiger partial charge in [-0.3, -0.25) is 14.7 Å². The molecule has 7 nitrogen and oxygen atoms in total. The molecule has 1 aliphatic heterocycles. The molecule has 1 amide bonds. The summed E-state index contributed by atoms with van der Waals surface area (Å²) in [5.74, 6) is -0.186. The summed E-state index contributed by atoms with van der Waals surface area (Å²) in [6.45, 7) is 0.653. The Morgan fingerprint density at radius 1 is 1.31 bits per heavy atom. The second-order valence-corrected chi connectivity index (χ2v) is 6.48. The fraction of sp³-hybridized carbons (Fsp3) is 0.421. The number of hydrogen-bond donors (Lipinski definition) is 2. The van der Waals surface area contributed by atoms with Gasteiger partial charge in [-0.25, -0.2) is 0 Å². The summed E-state index contributed by atoms with van der Waals surface area (Å²) in [6, 6.07) is 9.18. The molecule has 0 unspecified atom stereocenters. The Balaban J connectivity index is 1.74. The third-order valence-corrected chi connectivity index (χ3v) is 4.77. The van der Waals surface area contributed by atoms with Gasteiger partial charge in [0.15, 0.2) is 0 Å². The fourth-order valence-corrected chi connectivity index (χ4v) is 3.35. The van der Waals surface area contributed by atoms with Crippen molar-refractivity contribution in [2.24, 2.45) is 0 Å². The van der Waals surface area contributed by atoms with E-state index < -0.39 is 5.97 Å². The van der Waals surface area contributed by atoms with Crippen LogP contribution in [0.25, 0.3) is 11.3 Å². The van der Waals surface area contributed by atoms with Crippen LogP contribution in [0.4, 0.5) is 0 Å². The molecule has 138 valence electrons. The molecule has 2 N–H and O–H groups in total. The van der Waals surface area contributed by atoms with Crippen molar-refractivity contribution in [3.05, 3.63) is 36.0 Å². The molecule has 0 bridgehead atoms. The SMILES string of the molecule is COc1ccc(-c2cc(C(=O)N3CCCC[C@H]3CCC(=O)O)[nH]n2)cc1. The molecule has 0 aliphatic carbocycles. The summed E-state index contributed by atoms with van der Waals surface area (Å²) in [4.78, 5) is 25.5. The molecule has 1 saturated heterocycles. The molecular formula is C19H23N3O4. The summed E-state index contributed by atoms with van der Waals surface area (Å²) in [7, 11) is 1.61. The smallest absolute Gasteiger partial charge is 0.303 e. The van der Waals surface area contributed by atoms with E-state index in [4.69, 9.17) is 9.84 Å². The first kappa shape index (κ1) is 18.0. The summed E-state index contributed by atoms with van der Waals surface area (Å²) in [6.07, 6.45) is 3.37. The quantitative estimate of drug-likeness (QED) is 0.829. The van der Waals surface area contributed by atoms with Gasteiger partial charge in [0, 0.05) is 24.6 Å². The number of ether oxygens (including phenoxy) is 1. The van der Waals surface area contributed by atoms with Gasteiger partial charge in [-0.2, -0.15) is 5.10 Å². The predicted molar refractivity (Wildman–Crippen MR) is 96.1 cm³/mol. The maximum absolute atomic E-state index is 12.9. The van der Waals surface area contributed by atoms with Crippen LogP contribution < -0.4 is 4.74 Å². The van der Waals surface area contributed by atoms with Crippen LogP contribution in [0.5, 0.6) is 5.75 Å². The van der Waals surface area contributed by atoms with Crippen molar-refractivity contribution in [2.75, 3.05) is 13.7 Å². The highest BCUT2D eigenvalue weighted by Gasteiger charge is 2.28. The van der Waals surface area contributed by atoms with Crippen LogP contribution in [0, 0.1) is 0 Å². The Labute approximate surface area is 152 Å². The molecule has 0 spiro atoms. The maximum atomic E-state index is 12.9. The van der Waals surface area contributed by atoms with Gasteiger partial charge in [-0.05, 0) is 56.0 Å². The second-order valence-electron chi connectivity index (χ2n) is 6.48. The predicted octanol–water partition coefficient (Wildman–Crippen LogP) is 2.94. The average molecular weight is 357 g/mol. The standard InChI is InChI=1S/C19H23N3O4/c1-26-15-8-5-13(6-9-15)16-12-17(21-20-16)19(25)22-11-3-2-4-14(22)7-10-18(23)24/h5-6,8-9,12,14H,2-4,7,10-11H2,1H3,(H,20,21)(H,23,24)/t14-/m0/s1. The molecule has 1 aromatic heterocycles. The van der Waals surface area contributed by atoms with Gasteiger partial charge in [-0.1, -0.05) is 0 Å². The fourth-order valence-electron chi connectivity index (χ4n) is 3.35. The number of benzene rings is 1. The number of carbonyl (C=O) groups is 2. The lowest BCUT2D eigenvalue weighted by Gasteiger charge is -2.35. The van der Waals surface area contributed by atoms with E-state index in [1.807, 2.05) is 24.3 Å².